The molecule has 3 aromatic rings. The van der Waals surface area contributed by atoms with Gasteiger partial charge in [0.2, 0.25) is 0 Å². The van der Waals surface area contributed by atoms with Gasteiger partial charge < -0.3 is 0 Å². The smallest absolute Gasteiger partial charge is 0.272 e. The molecule has 9 heteroatoms. The van der Waals surface area contributed by atoms with E-state index >= 15 is 0 Å². The Hall–Kier alpha value is -3.52. The quantitative estimate of drug-likeness (QED) is 0.407. The van der Waals surface area contributed by atoms with Crippen LogP contribution in [0.4, 0.5) is 5.69 Å². The molecule has 0 aliphatic carbocycles. The Labute approximate surface area is 152 Å². The van der Waals surface area contributed by atoms with Gasteiger partial charge in [-0.25, -0.2) is 5.43 Å². The molecule has 0 fully saturated rings. The summed E-state index contributed by atoms with van der Waals surface area (Å²) >= 11 is 5.85. The highest BCUT2D eigenvalue weighted by atomic mass is 35.5. The van der Waals surface area contributed by atoms with Gasteiger partial charge in [0.05, 0.1) is 16.8 Å². The lowest BCUT2D eigenvalue weighted by atomic mass is 10.1. The Morgan fingerprint density at radius 1 is 1.19 bits per heavy atom. The van der Waals surface area contributed by atoms with Crippen LogP contribution >= 0.6 is 11.6 Å². The van der Waals surface area contributed by atoms with Crippen LogP contribution < -0.4 is 5.43 Å². The number of aromatic amines is 1. The van der Waals surface area contributed by atoms with Crippen molar-refractivity contribution in [2.24, 2.45) is 5.10 Å². The maximum Gasteiger partial charge on any atom is 0.289 e. The number of nitrogens with zero attached hydrogens (tertiary/aromatic N) is 3. The van der Waals surface area contributed by atoms with E-state index in [1.54, 1.807) is 30.3 Å². The molecule has 1 heterocycles. The van der Waals surface area contributed by atoms with Crippen LogP contribution in [0, 0.1) is 10.1 Å². The molecule has 0 unspecified atom stereocenters. The maximum absolute atomic E-state index is 12.1. The molecule has 8 nitrogen and oxygen atoms in total. The minimum absolute atomic E-state index is 0.0154. The minimum atomic E-state index is -0.487. The van der Waals surface area contributed by atoms with Crippen molar-refractivity contribution in [3.63, 3.8) is 0 Å². The molecule has 0 atom stereocenters. The van der Waals surface area contributed by atoms with Crippen molar-refractivity contribution in [1.29, 1.82) is 0 Å². The van der Waals surface area contributed by atoms with Crippen molar-refractivity contribution in [2.75, 3.05) is 0 Å². The van der Waals surface area contributed by atoms with Crippen LogP contribution in [0.1, 0.15) is 16.1 Å². The average Bonchev–Trinajstić information content (AvgIpc) is 3.13. The molecule has 0 radical (unpaired) electrons. The summed E-state index contributed by atoms with van der Waals surface area (Å²) in [6.07, 6.45) is 1.39. The van der Waals surface area contributed by atoms with Gasteiger partial charge in [-0.1, -0.05) is 23.7 Å². The van der Waals surface area contributed by atoms with E-state index in [0.717, 1.165) is 5.56 Å². The fourth-order valence-corrected chi connectivity index (χ4v) is 2.24. The Balaban J connectivity index is 1.63. The molecule has 1 amide bonds. The monoisotopic (exact) mass is 369 g/mol. The fraction of sp³-hybridized carbons (Fsp3) is 0. The van der Waals surface area contributed by atoms with Gasteiger partial charge in [-0.05, 0) is 35.9 Å². The first-order chi connectivity index (χ1) is 12.5. The van der Waals surface area contributed by atoms with E-state index in [4.69, 9.17) is 11.6 Å². The van der Waals surface area contributed by atoms with Gasteiger partial charge in [0.25, 0.3) is 11.6 Å². The van der Waals surface area contributed by atoms with Crippen molar-refractivity contribution in [3.05, 3.63) is 81.0 Å². The number of aromatic nitrogens is 2. The Morgan fingerprint density at radius 2 is 1.88 bits per heavy atom. The van der Waals surface area contributed by atoms with Crippen LogP contribution in [-0.4, -0.2) is 27.2 Å². The van der Waals surface area contributed by atoms with Crippen LogP contribution in [0.25, 0.3) is 11.3 Å². The van der Waals surface area contributed by atoms with E-state index in [1.165, 1.54) is 30.5 Å². The summed E-state index contributed by atoms with van der Waals surface area (Å²) in [5, 5.41) is 21.8. The molecule has 1 aromatic heterocycles. The van der Waals surface area contributed by atoms with Gasteiger partial charge in [0.15, 0.2) is 0 Å². The molecule has 0 bridgehead atoms. The number of benzene rings is 2. The van der Waals surface area contributed by atoms with Crippen LogP contribution in [-0.2, 0) is 0 Å². The van der Waals surface area contributed by atoms with E-state index in [0.29, 0.717) is 16.3 Å². The van der Waals surface area contributed by atoms with Crippen molar-refractivity contribution in [2.45, 2.75) is 0 Å². The van der Waals surface area contributed by atoms with E-state index in [2.05, 4.69) is 20.7 Å². The number of carbonyl (C=O) groups is 1. The van der Waals surface area contributed by atoms with Crippen molar-refractivity contribution < 1.29 is 9.72 Å². The molecule has 130 valence electrons. The summed E-state index contributed by atoms with van der Waals surface area (Å²) in [6.45, 7) is 0. The number of amides is 1. The second-order valence-corrected chi connectivity index (χ2v) is 5.66. The predicted octanol–water partition coefficient (Wildman–Crippen LogP) is 3.40. The lowest BCUT2D eigenvalue weighted by molar-refractivity contribution is -0.384. The van der Waals surface area contributed by atoms with Gasteiger partial charge in [0.1, 0.15) is 5.69 Å². The third-order valence-electron chi connectivity index (χ3n) is 3.45. The first-order valence-corrected chi connectivity index (χ1v) is 7.80. The number of nitro benzene ring substituents is 1. The maximum atomic E-state index is 12.1. The van der Waals surface area contributed by atoms with Gasteiger partial charge in [0, 0.05) is 22.7 Å². The second-order valence-electron chi connectivity index (χ2n) is 5.22. The topological polar surface area (TPSA) is 113 Å². The normalized spacial score (nSPS) is 10.8. The number of hydrogen-bond acceptors (Lipinski definition) is 5. The predicted molar refractivity (Wildman–Crippen MR) is 97.2 cm³/mol. The van der Waals surface area contributed by atoms with E-state index in [9.17, 15) is 14.9 Å². The lowest BCUT2D eigenvalue weighted by Gasteiger charge is -1.96. The summed E-state index contributed by atoms with van der Waals surface area (Å²) < 4.78 is 0. The SMILES string of the molecule is O=C(NN=Cc1ccc([N+](=O)[O-])cc1)c1cc(-c2ccc(Cl)cc2)n[nH]1. The van der Waals surface area contributed by atoms with Gasteiger partial charge in [-0.2, -0.15) is 10.2 Å². The zero-order valence-corrected chi connectivity index (χ0v) is 14.0. The Kier molecular flexibility index (Phi) is 5.04. The molecule has 2 N–H and O–H groups in total. The summed E-state index contributed by atoms with van der Waals surface area (Å²) in [6, 6.07) is 14.4. The third-order valence-corrected chi connectivity index (χ3v) is 3.70. The standard InChI is InChI=1S/C17H12ClN5O3/c18-13-5-3-12(4-6-13)15-9-16(21-20-15)17(24)22-19-10-11-1-7-14(8-2-11)23(25)26/h1-10H,(H,20,21)(H,22,24). The number of nitro groups is 1. The number of carbonyl (C=O) groups excluding carboxylic acids is 1. The van der Waals surface area contributed by atoms with Crippen LogP contribution in [0.3, 0.4) is 0 Å². The van der Waals surface area contributed by atoms with Gasteiger partial charge in [-0.15, -0.1) is 0 Å². The molecule has 2 aromatic carbocycles. The highest BCUT2D eigenvalue weighted by Gasteiger charge is 2.10. The molecule has 0 aliphatic heterocycles. The van der Waals surface area contributed by atoms with Gasteiger partial charge in [-0.3, -0.25) is 20.0 Å². The number of hydrazone groups is 1. The number of non-ortho nitro benzene ring substituents is 1. The van der Waals surface area contributed by atoms with Crippen molar-refractivity contribution in [3.8, 4) is 11.3 Å². The molecule has 0 aliphatic rings. The lowest BCUT2D eigenvalue weighted by Crippen LogP contribution is -2.17. The summed E-state index contributed by atoms with van der Waals surface area (Å²) in [5.41, 5.74) is 4.63. The average molecular weight is 370 g/mol. The Bertz CT molecular complexity index is 965. The number of rotatable bonds is 5. The van der Waals surface area contributed by atoms with Crippen LogP contribution in [0.2, 0.25) is 5.02 Å². The fourth-order valence-electron chi connectivity index (χ4n) is 2.11. The Morgan fingerprint density at radius 3 is 2.54 bits per heavy atom. The first kappa shape index (κ1) is 17.3. The molecule has 0 saturated heterocycles. The molecular formula is C17H12ClN5O3. The molecule has 3 rings (SSSR count). The summed E-state index contributed by atoms with van der Waals surface area (Å²) in [4.78, 5) is 22.2. The number of halogens is 1. The highest BCUT2D eigenvalue weighted by Crippen LogP contribution is 2.20. The summed E-state index contributed by atoms with van der Waals surface area (Å²) in [5.74, 6) is -0.462. The number of H-pyrrole nitrogens is 1. The largest absolute Gasteiger partial charge is 0.289 e. The van der Waals surface area contributed by atoms with E-state index in [-0.39, 0.29) is 11.4 Å². The summed E-state index contributed by atoms with van der Waals surface area (Å²) in [7, 11) is 0. The van der Waals surface area contributed by atoms with Crippen LogP contribution in [0.5, 0.6) is 0 Å². The van der Waals surface area contributed by atoms with Crippen LogP contribution in [0.15, 0.2) is 59.7 Å². The van der Waals surface area contributed by atoms with E-state index < -0.39 is 10.8 Å². The zero-order valence-electron chi connectivity index (χ0n) is 13.2. The molecule has 0 saturated carbocycles. The number of hydrogen-bond donors (Lipinski definition) is 2. The first-order valence-electron chi connectivity index (χ1n) is 7.42. The molecule has 26 heavy (non-hydrogen) atoms. The third kappa shape index (κ3) is 4.11. The van der Waals surface area contributed by atoms with E-state index in [1.807, 2.05) is 0 Å². The number of nitrogens with one attached hydrogen (secondary N) is 2. The highest BCUT2D eigenvalue weighted by molar-refractivity contribution is 6.30. The van der Waals surface area contributed by atoms with Gasteiger partial charge >= 0.3 is 0 Å². The second kappa shape index (κ2) is 7.58. The zero-order chi connectivity index (χ0) is 18.5. The molecular weight excluding hydrogens is 358 g/mol. The van der Waals surface area contributed by atoms with Crippen molar-refractivity contribution >= 4 is 29.4 Å². The van der Waals surface area contributed by atoms with Crippen molar-refractivity contribution in [1.82, 2.24) is 15.6 Å². The minimum Gasteiger partial charge on any atom is -0.272 e. The molecule has 0 spiro atoms.